The topological polar surface area (TPSA) is 70.3 Å². The zero-order valence-electron chi connectivity index (χ0n) is 12.4. The normalized spacial score (nSPS) is 15.6. The van der Waals surface area contributed by atoms with Crippen molar-refractivity contribution in [3.63, 3.8) is 0 Å². The Hall–Kier alpha value is -3.16. The molecule has 0 spiro atoms. The van der Waals surface area contributed by atoms with Crippen molar-refractivity contribution in [1.29, 1.82) is 0 Å². The van der Waals surface area contributed by atoms with Gasteiger partial charge < -0.3 is 18.6 Å². The van der Waals surface area contributed by atoms with Crippen molar-refractivity contribution in [3.05, 3.63) is 53.6 Å². The fourth-order valence-electron chi connectivity index (χ4n) is 2.03. The van der Waals surface area contributed by atoms with Crippen LogP contribution in [0.25, 0.3) is 6.08 Å². The van der Waals surface area contributed by atoms with Crippen molar-refractivity contribution >= 4 is 17.9 Å². The van der Waals surface area contributed by atoms with Crippen molar-refractivity contribution in [1.82, 2.24) is 0 Å². The summed E-state index contributed by atoms with van der Waals surface area (Å²) in [5.74, 6) is -0.235. The molecule has 2 heterocycles. The molecule has 2 aromatic rings. The minimum absolute atomic E-state index is 0.0275. The first-order valence-electron chi connectivity index (χ1n) is 6.76. The molecule has 0 amide bonds. The summed E-state index contributed by atoms with van der Waals surface area (Å²) >= 11 is 0. The van der Waals surface area contributed by atoms with Crippen molar-refractivity contribution in [2.45, 2.75) is 6.61 Å². The van der Waals surface area contributed by atoms with E-state index in [4.69, 9.17) is 13.9 Å². The van der Waals surface area contributed by atoms with Gasteiger partial charge in [-0.1, -0.05) is 0 Å². The Labute approximate surface area is 135 Å². The van der Waals surface area contributed by atoms with E-state index in [0.29, 0.717) is 11.3 Å². The molecule has 6 nitrogen and oxygen atoms in total. The molecule has 0 bridgehead atoms. The van der Waals surface area contributed by atoms with Crippen LogP contribution in [0.2, 0.25) is 0 Å². The Morgan fingerprint density at radius 1 is 1.25 bits per heavy atom. The Kier molecular flexibility index (Phi) is 4.28. The highest BCUT2D eigenvalue weighted by atomic mass is 19.3. The quantitative estimate of drug-likeness (QED) is 0.620. The van der Waals surface area contributed by atoms with Crippen molar-refractivity contribution in [2.24, 2.45) is 4.99 Å². The second-order valence-electron chi connectivity index (χ2n) is 4.60. The summed E-state index contributed by atoms with van der Waals surface area (Å²) in [5, 5.41) is 0. The summed E-state index contributed by atoms with van der Waals surface area (Å²) in [6, 6.07) is 7.43. The molecule has 124 valence electrons. The van der Waals surface area contributed by atoms with E-state index in [0.717, 1.165) is 0 Å². The molecule has 0 radical (unpaired) electrons. The molecule has 1 aliphatic rings. The molecule has 0 aliphatic carbocycles. The van der Waals surface area contributed by atoms with Gasteiger partial charge in [-0.25, -0.2) is 9.79 Å². The van der Waals surface area contributed by atoms with E-state index < -0.39 is 12.6 Å². The minimum Gasteiger partial charge on any atom is -0.493 e. The largest absolute Gasteiger partial charge is 0.493 e. The molecule has 0 saturated carbocycles. The van der Waals surface area contributed by atoms with Gasteiger partial charge in [0, 0.05) is 11.6 Å². The van der Waals surface area contributed by atoms with E-state index in [-0.39, 0.29) is 23.1 Å². The zero-order chi connectivity index (χ0) is 17.1. The van der Waals surface area contributed by atoms with Gasteiger partial charge in [-0.15, -0.1) is 0 Å². The maximum Gasteiger partial charge on any atom is 0.387 e. The lowest BCUT2D eigenvalue weighted by atomic mass is 10.2. The smallest absolute Gasteiger partial charge is 0.387 e. The molecule has 24 heavy (non-hydrogen) atoms. The number of rotatable bonds is 5. The molecular weight excluding hydrogens is 324 g/mol. The number of alkyl halides is 2. The highest BCUT2D eigenvalue weighted by Gasteiger charge is 2.25. The summed E-state index contributed by atoms with van der Waals surface area (Å²) < 4.78 is 44.2. The van der Waals surface area contributed by atoms with E-state index in [2.05, 4.69) is 9.73 Å². The molecule has 0 N–H and O–H groups in total. The fourth-order valence-corrected chi connectivity index (χ4v) is 2.03. The number of esters is 1. The summed E-state index contributed by atoms with van der Waals surface area (Å²) in [4.78, 5) is 15.9. The molecule has 3 rings (SSSR count). The lowest BCUT2D eigenvalue weighted by Gasteiger charge is -2.10. The number of cyclic esters (lactones) is 1. The lowest BCUT2D eigenvalue weighted by molar-refractivity contribution is -0.129. The van der Waals surface area contributed by atoms with Crippen LogP contribution in [-0.4, -0.2) is 25.6 Å². The number of furan rings is 1. The molecule has 1 aromatic heterocycles. The van der Waals surface area contributed by atoms with Crippen LogP contribution in [0.1, 0.15) is 11.3 Å². The molecule has 0 fully saturated rings. The molecule has 8 heteroatoms. The third kappa shape index (κ3) is 3.27. The number of carbonyl (C=O) groups is 1. The third-order valence-electron chi connectivity index (χ3n) is 3.07. The highest BCUT2D eigenvalue weighted by Crippen LogP contribution is 2.31. The molecule has 0 saturated heterocycles. The number of hydrogen-bond donors (Lipinski definition) is 0. The van der Waals surface area contributed by atoms with Crippen LogP contribution in [0.5, 0.6) is 11.5 Å². The van der Waals surface area contributed by atoms with Gasteiger partial charge in [0.05, 0.1) is 13.4 Å². The van der Waals surface area contributed by atoms with Gasteiger partial charge in [0.1, 0.15) is 5.76 Å². The Morgan fingerprint density at radius 3 is 2.75 bits per heavy atom. The van der Waals surface area contributed by atoms with Crippen LogP contribution in [0, 0.1) is 0 Å². The van der Waals surface area contributed by atoms with Crippen molar-refractivity contribution in [3.8, 4) is 11.5 Å². The van der Waals surface area contributed by atoms with Crippen molar-refractivity contribution < 1.29 is 32.2 Å². The van der Waals surface area contributed by atoms with Crippen LogP contribution in [-0.2, 0) is 9.53 Å². The van der Waals surface area contributed by atoms with Gasteiger partial charge in [-0.2, -0.15) is 8.78 Å². The number of ether oxygens (including phenoxy) is 3. The van der Waals surface area contributed by atoms with Crippen molar-refractivity contribution in [2.75, 3.05) is 7.11 Å². The van der Waals surface area contributed by atoms with Gasteiger partial charge in [0.2, 0.25) is 5.90 Å². The van der Waals surface area contributed by atoms with Gasteiger partial charge in [-0.05, 0) is 30.3 Å². The number of nitrogens with zero attached hydrogens (tertiary/aromatic N) is 1. The average molecular weight is 335 g/mol. The van der Waals surface area contributed by atoms with Gasteiger partial charge in [0.15, 0.2) is 17.2 Å². The molecule has 1 aliphatic heterocycles. The summed E-state index contributed by atoms with van der Waals surface area (Å²) in [5.41, 5.74) is 0.441. The standard InChI is InChI=1S/C16H11F2NO5/c1-21-13-7-9(4-5-12(13)23-16(17)18)14-19-11(15(20)24-14)8-10-3-2-6-22-10/h2-8,16H,1H3/b11-8+. The second kappa shape index (κ2) is 6.53. The Balaban J connectivity index is 1.90. The fraction of sp³-hybridized carbons (Fsp3) is 0.125. The highest BCUT2D eigenvalue weighted by molar-refractivity contribution is 6.12. The first kappa shape index (κ1) is 15.7. The molecule has 0 atom stereocenters. The molecule has 0 unspecified atom stereocenters. The first-order valence-corrected chi connectivity index (χ1v) is 6.76. The summed E-state index contributed by atoms with van der Waals surface area (Å²) in [6.45, 7) is -2.98. The number of hydrogen-bond acceptors (Lipinski definition) is 6. The number of aliphatic imine (C=N–C) groups is 1. The van der Waals surface area contributed by atoms with E-state index in [1.807, 2.05) is 0 Å². The molecular formula is C16H11F2NO5. The van der Waals surface area contributed by atoms with Crippen LogP contribution < -0.4 is 9.47 Å². The predicted molar refractivity (Wildman–Crippen MR) is 78.9 cm³/mol. The van der Waals surface area contributed by atoms with Crippen LogP contribution in [0.3, 0.4) is 0 Å². The van der Waals surface area contributed by atoms with Crippen LogP contribution in [0.4, 0.5) is 8.78 Å². The maximum absolute atomic E-state index is 12.3. The van der Waals surface area contributed by atoms with Gasteiger partial charge in [0.25, 0.3) is 0 Å². The van der Waals surface area contributed by atoms with Gasteiger partial charge in [-0.3, -0.25) is 0 Å². The first-order chi connectivity index (χ1) is 11.6. The number of halogens is 2. The number of benzene rings is 1. The summed E-state index contributed by atoms with van der Waals surface area (Å²) in [7, 11) is 1.31. The maximum atomic E-state index is 12.3. The van der Waals surface area contributed by atoms with E-state index in [1.165, 1.54) is 37.6 Å². The van der Waals surface area contributed by atoms with E-state index >= 15 is 0 Å². The number of carbonyl (C=O) groups excluding carboxylic acids is 1. The van der Waals surface area contributed by atoms with Crippen LogP contribution >= 0.6 is 0 Å². The van der Waals surface area contributed by atoms with Crippen LogP contribution in [0.15, 0.2) is 51.7 Å². The zero-order valence-corrected chi connectivity index (χ0v) is 12.4. The third-order valence-corrected chi connectivity index (χ3v) is 3.07. The van der Waals surface area contributed by atoms with E-state index in [9.17, 15) is 13.6 Å². The Bertz CT molecular complexity index is 812. The second-order valence-corrected chi connectivity index (χ2v) is 4.60. The lowest BCUT2D eigenvalue weighted by Crippen LogP contribution is -2.07. The minimum atomic E-state index is -2.98. The predicted octanol–water partition coefficient (Wildman–Crippen LogP) is 3.23. The number of methoxy groups -OCH3 is 1. The molecule has 1 aromatic carbocycles. The van der Waals surface area contributed by atoms with Gasteiger partial charge >= 0.3 is 12.6 Å². The average Bonchev–Trinajstić information content (AvgIpc) is 3.18. The van der Waals surface area contributed by atoms with E-state index in [1.54, 1.807) is 12.1 Å². The SMILES string of the molecule is COc1cc(C2=N/C(=C/c3ccco3)C(=O)O2)ccc1OC(F)F. The Morgan fingerprint density at radius 2 is 2.08 bits per heavy atom. The summed E-state index contributed by atoms with van der Waals surface area (Å²) in [6.07, 6.45) is 2.89. The monoisotopic (exact) mass is 335 g/mol.